The summed E-state index contributed by atoms with van der Waals surface area (Å²) in [4.78, 5) is 1.96. The van der Waals surface area contributed by atoms with Crippen LogP contribution in [0, 0.1) is 17.7 Å². The molecule has 2 nitrogen and oxygen atoms in total. The van der Waals surface area contributed by atoms with Gasteiger partial charge in [0.25, 0.3) is 0 Å². The van der Waals surface area contributed by atoms with Crippen LogP contribution in [0.25, 0.3) is 0 Å². The summed E-state index contributed by atoms with van der Waals surface area (Å²) in [6, 6.07) is 6.26. The number of benzene rings is 1. The number of anilines is 2. The van der Waals surface area contributed by atoms with E-state index in [1.165, 1.54) is 12.8 Å². The fourth-order valence-electron chi connectivity index (χ4n) is 3.26. The minimum atomic E-state index is -0.149. The van der Waals surface area contributed by atoms with Crippen molar-refractivity contribution in [1.29, 1.82) is 0 Å². The highest BCUT2D eigenvalue weighted by Crippen LogP contribution is 2.44. The molecule has 20 heavy (non-hydrogen) atoms. The molecule has 0 spiro atoms. The standard InChI is InChI=1S/C17H23FN2/c1-11(2)20(3)17-8-7-13(10-15(17)18)19-16-9-12-5-4-6-14(12)16/h4,6-8,10-12,14,16,19H,5,9H2,1-3H3. The van der Waals surface area contributed by atoms with Gasteiger partial charge in [-0.3, -0.25) is 0 Å². The SMILES string of the molecule is CC(C)N(C)c1ccc(NC2CC3CC=CC32)cc1F. The molecule has 3 rings (SSSR count). The fraction of sp³-hybridized carbons (Fsp3) is 0.529. The van der Waals surface area contributed by atoms with Crippen molar-refractivity contribution in [3.8, 4) is 0 Å². The Bertz CT molecular complexity index is 524. The van der Waals surface area contributed by atoms with E-state index in [-0.39, 0.29) is 5.82 Å². The topological polar surface area (TPSA) is 15.3 Å². The third kappa shape index (κ3) is 2.30. The zero-order chi connectivity index (χ0) is 14.3. The molecular formula is C17H23FN2. The van der Waals surface area contributed by atoms with Gasteiger partial charge >= 0.3 is 0 Å². The van der Waals surface area contributed by atoms with Crippen LogP contribution in [0.3, 0.4) is 0 Å². The van der Waals surface area contributed by atoms with Gasteiger partial charge in [-0.2, -0.15) is 0 Å². The summed E-state index contributed by atoms with van der Waals surface area (Å²) < 4.78 is 14.2. The van der Waals surface area contributed by atoms with Crippen molar-refractivity contribution in [3.05, 3.63) is 36.2 Å². The summed E-state index contributed by atoms with van der Waals surface area (Å²) in [5.41, 5.74) is 1.56. The Morgan fingerprint density at radius 2 is 2.15 bits per heavy atom. The lowest BCUT2D eigenvalue weighted by molar-refractivity contribution is 0.218. The third-order valence-corrected chi connectivity index (χ3v) is 4.82. The lowest BCUT2D eigenvalue weighted by atomic mass is 9.71. The van der Waals surface area contributed by atoms with E-state index < -0.39 is 0 Å². The molecule has 0 amide bonds. The van der Waals surface area contributed by atoms with Gasteiger partial charge in [-0.05, 0) is 50.8 Å². The molecule has 2 aliphatic carbocycles. The van der Waals surface area contributed by atoms with E-state index in [0.29, 0.717) is 23.7 Å². The van der Waals surface area contributed by atoms with Gasteiger partial charge in [-0.25, -0.2) is 4.39 Å². The Morgan fingerprint density at radius 3 is 2.80 bits per heavy atom. The third-order valence-electron chi connectivity index (χ3n) is 4.82. The molecule has 0 saturated heterocycles. The highest BCUT2D eigenvalue weighted by Gasteiger charge is 2.40. The number of allylic oxidation sites excluding steroid dienone is 1. The predicted octanol–water partition coefficient (Wildman–Crippen LogP) is 4.05. The van der Waals surface area contributed by atoms with Gasteiger partial charge < -0.3 is 10.2 Å². The Balaban J connectivity index is 1.69. The second-order valence-corrected chi connectivity index (χ2v) is 6.36. The van der Waals surface area contributed by atoms with E-state index in [2.05, 4.69) is 31.3 Å². The first-order valence-corrected chi connectivity index (χ1v) is 7.52. The molecule has 1 aromatic carbocycles. The first-order chi connectivity index (χ1) is 9.56. The molecule has 1 N–H and O–H groups in total. The first kappa shape index (κ1) is 13.5. The van der Waals surface area contributed by atoms with Crippen LogP contribution >= 0.6 is 0 Å². The molecule has 0 bridgehead atoms. The molecule has 0 aromatic heterocycles. The number of nitrogens with zero attached hydrogens (tertiary/aromatic N) is 1. The second kappa shape index (κ2) is 5.12. The molecule has 0 aliphatic heterocycles. The molecule has 1 aromatic rings. The number of rotatable bonds is 4. The van der Waals surface area contributed by atoms with Crippen LogP contribution in [-0.2, 0) is 0 Å². The molecule has 108 valence electrons. The van der Waals surface area contributed by atoms with Gasteiger partial charge in [0.05, 0.1) is 5.69 Å². The number of halogens is 1. The van der Waals surface area contributed by atoms with Crippen LogP contribution in [0.1, 0.15) is 26.7 Å². The van der Waals surface area contributed by atoms with Crippen LogP contribution in [0.2, 0.25) is 0 Å². The van der Waals surface area contributed by atoms with E-state index in [1.807, 2.05) is 24.1 Å². The molecule has 0 radical (unpaired) electrons. The Morgan fingerprint density at radius 1 is 1.35 bits per heavy atom. The highest BCUT2D eigenvalue weighted by atomic mass is 19.1. The van der Waals surface area contributed by atoms with Crippen LogP contribution in [0.4, 0.5) is 15.8 Å². The van der Waals surface area contributed by atoms with Crippen molar-refractivity contribution in [2.75, 3.05) is 17.3 Å². The van der Waals surface area contributed by atoms with Crippen molar-refractivity contribution >= 4 is 11.4 Å². The van der Waals surface area contributed by atoms with Gasteiger partial charge in [-0.15, -0.1) is 0 Å². The van der Waals surface area contributed by atoms with Crippen LogP contribution in [-0.4, -0.2) is 19.1 Å². The molecule has 3 heteroatoms. The lowest BCUT2D eigenvalue weighted by Gasteiger charge is -2.41. The van der Waals surface area contributed by atoms with Gasteiger partial charge in [0.1, 0.15) is 5.82 Å². The summed E-state index contributed by atoms with van der Waals surface area (Å²) >= 11 is 0. The molecule has 1 fully saturated rings. The van der Waals surface area contributed by atoms with Crippen molar-refractivity contribution < 1.29 is 4.39 Å². The molecule has 1 saturated carbocycles. The van der Waals surface area contributed by atoms with E-state index in [4.69, 9.17) is 0 Å². The normalized spacial score (nSPS) is 27.4. The average Bonchev–Trinajstić information content (AvgIpc) is 2.76. The molecule has 3 atom stereocenters. The largest absolute Gasteiger partial charge is 0.382 e. The predicted molar refractivity (Wildman–Crippen MR) is 82.7 cm³/mol. The Kier molecular flexibility index (Phi) is 3.45. The van der Waals surface area contributed by atoms with Gasteiger partial charge in [0, 0.05) is 30.7 Å². The summed E-state index contributed by atoms with van der Waals surface area (Å²) in [5.74, 6) is 1.32. The van der Waals surface area contributed by atoms with Crippen molar-refractivity contribution in [2.45, 2.75) is 38.8 Å². The summed E-state index contributed by atoms with van der Waals surface area (Å²) in [5, 5.41) is 3.48. The summed E-state index contributed by atoms with van der Waals surface area (Å²) in [6.45, 7) is 4.12. The zero-order valence-electron chi connectivity index (χ0n) is 12.4. The Hall–Kier alpha value is -1.51. The maximum absolute atomic E-state index is 14.2. The molecule has 3 unspecified atom stereocenters. The van der Waals surface area contributed by atoms with Crippen LogP contribution < -0.4 is 10.2 Å². The van der Waals surface area contributed by atoms with E-state index in [1.54, 1.807) is 6.07 Å². The minimum absolute atomic E-state index is 0.149. The molecular weight excluding hydrogens is 251 g/mol. The zero-order valence-corrected chi connectivity index (χ0v) is 12.4. The quantitative estimate of drug-likeness (QED) is 0.833. The number of hydrogen-bond acceptors (Lipinski definition) is 2. The number of nitrogens with one attached hydrogen (secondary N) is 1. The van der Waals surface area contributed by atoms with E-state index >= 15 is 0 Å². The summed E-state index contributed by atoms with van der Waals surface area (Å²) in [6.07, 6.45) is 7.00. The Labute approximate surface area is 120 Å². The molecule has 0 heterocycles. The maximum Gasteiger partial charge on any atom is 0.148 e. The lowest BCUT2D eigenvalue weighted by Crippen LogP contribution is -2.43. The monoisotopic (exact) mass is 274 g/mol. The maximum atomic E-state index is 14.2. The molecule has 2 aliphatic rings. The van der Waals surface area contributed by atoms with Crippen molar-refractivity contribution in [2.24, 2.45) is 11.8 Å². The second-order valence-electron chi connectivity index (χ2n) is 6.36. The number of hydrogen-bond donors (Lipinski definition) is 1. The van der Waals surface area contributed by atoms with Gasteiger partial charge in [0.15, 0.2) is 0 Å². The van der Waals surface area contributed by atoms with Crippen LogP contribution in [0.5, 0.6) is 0 Å². The van der Waals surface area contributed by atoms with E-state index in [0.717, 1.165) is 11.6 Å². The first-order valence-electron chi connectivity index (χ1n) is 7.52. The van der Waals surface area contributed by atoms with Gasteiger partial charge in [0.2, 0.25) is 0 Å². The van der Waals surface area contributed by atoms with E-state index in [9.17, 15) is 4.39 Å². The summed E-state index contributed by atoms with van der Waals surface area (Å²) in [7, 11) is 1.93. The fourth-order valence-corrected chi connectivity index (χ4v) is 3.26. The van der Waals surface area contributed by atoms with Crippen LogP contribution in [0.15, 0.2) is 30.4 Å². The van der Waals surface area contributed by atoms with Crippen molar-refractivity contribution in [1.82, 2.24) is 0 Å². The van der Waals surface area contributed by atoms with Gasteiger partial charge in [-0.1, -0.05) is 12.2 Å². The average molecular weight is 274 g/mol. The minimum Gasteiger partial charge on any atom is -0.382 e. The number of fused-ring (bicyclic) bond motifs is 1. The smallest absolute Gasteiger partial charge is 0.148 e. The highest BCUT2D eigenvalue weighted by molar-refractivity contribution is 5.57. The van der Waals surface area contributed by atoms with Crippen molar-refractivity contribution in [3.63, 3.8) is 0 Å².